The Balaban J connectivity index is 1.32. The second-order valence-electron chi connectivity index (χ2n) is 8.17. The number of aromatic nitrogens is 2. The first-order valence-electron chi connectivity index (χ1n) is 10.4. The Kier molecular flexibility index (Phi) is 4.80. The van der Waals surface area contributed by atoms with Gasteiger partial charge in [0.15, 0.2) is 11.7 Å². The molecule has 1 aromatic carbocycles. The molecule has 3 aromatic rings. The van der Waals surface area contributed by atoms with E-state index in [0.717, 1.165) is 18.0 Å². The van der Waals surface area contributed by atoms with Crippen LogP contribution in [-0.2, 0) is 19.4 Å². The maximum absolute atomic E-state index is 6.48. The molecule has 0 bridgehead atoms. The fourth-order valence-electron chi connectivity index (χ4n) is 4.23. The summed E-state index contributed by atoms with van der Waals surface area (Å²) in [7, 11) is 0. The van der Waals surface area contributed by atoms with Crippen LogP contribution in [0.2, 0.25) is 0 Å². The van der Waals surface area contributed by atoms with Crippen LogP contribution < -0.4 is 16.9 Å². The number of hydrogen-bond acceptors (Lipinski definition) is 7. The van der Waals surface area contributed by atoms with Crippen molar-refractivity contribution in [1.82, 2.24) is 14.6 Å². The highest BCUT2D eigenvalue weighted by atomic mass is 16.3. The van der Waals surface area contributed by atoms with Crippen LogP contribution in [0.25, 0.3) is 0 Å². The maximum atomic E-state index is 6.48. The monoisotopic (exact) mass is 405 g/mol. The molecule has 0 radical (unpaired) electrons. The summed E-state index contributed by atoms with van der Waals surface area (Å²) in [6.45, 7) is 3.44. The smallest absolute Gasteiger partial charge is 0.205 e. The summed E-state index contributed by atoms with van der Waals surface area (Å²) < 4.78 is 7.28. The first-order chi connectivity index (χ1) is 14.6. The third-order valence-electron chi connectivity index (χ3n) is 5.73. The minimum Gasteiger partial charge on any atom is -0.469 e. The minimum atomic E-state index is -1.09. The van der Waals surface area contributed by atoms with Gasteiger partial charge in [-0.1, -0.05) is 24.3 Å². The van der Waals surface area contributed by atoms with Crippen molar-refractivity contribution in [2.75, 3.05) is 18.5 Å². The predicted octanol–water partition coefficient (Wildman–Crippen LogP) is 1.78. The van der Waals surface area contributed by atoms with Gasteiger partial charge in [0.25, 0.3) is 0 Å². The standard InChI is InChI=1S/C22H27N7O/c23-20-21-25-14-18(29(21)27-22(24,26-20)13-19-4-3-11-30-19)12-16-5-7-17(8-6-16)15-28-9-1-2-10-28/h3-8,11,14,27H,1-2,9-10,12-13,15,24H2,(H2,23,26). The first-order valence-corrected chi connectivity index (χ1v) is 10.4. The zero-order valence-electron chi connectivity index (χ0n) is 16.9. The average molecular weight is 406 g/mol. The van der Waals surface area contributed by atoms with Gasteiger partial charge < -0.3 is 10.2 Å². The Morgan fingerprint density at radius 3 is 2.60 bits per heavy atom. The normalized spacial score (nSPS) is 21.3. The van der Waals surface area contributed by atoms with Crippen LogP contribution in [0.15, 0.2) is 58.3 Å². The lowest BCUT2D eigenvalue weighted by Gasteiger charge is -2.32. The largest absolute Gasteiger partial charge is 0.469 e. The molecular formula is C22H27N7O. The summed E-state index contributed by atoms with van der Waals surface area (Å²) in [5.74, 6) is 0.538. The maximum Gasteiger partial charge on any atom is 0.205 e. The number of furan rings is 1. The van der Waals surface area contributed by atoms with Crippen molar-refractivity contribution in [2.45, 2.75) is 38.0 Å². The van der Waals surface area contributed by atoms with E-state index in [2.05, 4.69) is 44.6 Å². The molecule has 1 saturated heterocycles. The highest BCUT2D eigenvalue weighted by molar-refractivity contribution is 5.95. The molecular weight excluding hydrogens is 378 g/mol. The lowest BCUT2D eigenvalue weighted by Crippen LogP contribution is -2.56. The van der Waals surface area contributed by atoms with Crippen LogP contribution in [-0.4, -0.2) is 39.3 Å². The Hall–Kier alpha value is -3.10. The van der Waals surface area contributed by atoms with Crippen LogP contribution in [0, 0.1) is 0 Å². The molecule has 8 heteroatoms. The van der Waals surface area contributed by atoms with E-state index < -0.39 is 5.79 Å². The predicted molar refractivity (Wildman–Crippen MR) is 115 cm³/mol. The molecule has 2 aromatic heterocycles. The Morgan fingerprint density at radius 2 is 1.87 bits per heavy atom. The summed E-state index contributed by atoms with van der Waals surface area (Å²) >= 11 is 0. The molecule has 8 nitrogen and oxygen atoms in total. The number of fused-ring (bicyclic) bond motifs is 1. The third-order valence-corrected chi connectivity index (χ3v) is 5.73. The van der Waals surface area contributed by atoms with Gasteiger partial charge in [-0.15, -0.1) is 0 Å². The molecule has 0 saturated carbocycles. The quantitative estimate of drug-likeness (QED) is 0.577. The van der Waals surface area contributed by atoms with E-state index >= 15 is 0 Å². The summed E-state index contributed by atoms with van der Waals surface area (Å²) in [6, 6.07) is 12.5. The second-order valence-corrected chi connectivity index (χ2v) is 8.17. The molecule has 1 fully saturated rings. The number of nitrogens with zero attached hydrogens (tertiary/aromatic N) is 4. The van der Waals surface area contributed by atoms with Gasteiger partial charge in [-0.25, -0.2) is 14.7 Å². The SMILES string of the molecule is NC1=NC(N)(Cc2ccco2)Nn2c(Cc3ccc(CN4CCCC4)cc3)cnc21. The van der Waals surface area contributed by atoms with Crippen LogP contribution >= 0.6 is 0 Å². The number of likely N-dealkylation sites (tertiary alicyclic amines) is 1. The molecule has 4 heterocycles. The lowest BCUT2D eigenvalue weighted by atomic mass is 10.1. The van der Waals surface area contributed by atoms with Gasteiger partial charge in [-0.05, 0) is 49.2 Å². The van der Waals surface area contributed by atoms with Crippen molar-refractivity contribution >= 4 is 5.84 Å². The van der Waals surface area contributed by atoms with E-state index in [1.54, 1.807) is 6.26 Å². The van der Waals surface area contributed by atoms with Crippen molar-refractivity contribution in [3.05, 3.63) is 77.3 Å². The van der Waals surface area contributed by atoms with E-state index in [1.165, 1.54) is 37.1 Å². The van der Waals surface area contributed by atoms with Gasteiger partial charge >= 0.3 is 0 Å². The van der Waals surface area contributed by atoms with Crippen molar-refractivity contribution in [1.29, 1.82) is 0 Å². The lowest BCUT2D eigenvalue weighted by molar-refractivity contribution is 0.331. The number of imidazole rings is 1. The van der Waals surface area contributed by atoms with E-state index in [9.17, 15) is 0 Å². The third kappa shape index (κ3) is 3.83. The summed E-state index contributed by atoms with van der Waals surface area (Å²) in [5, 5.41) is 0. The molecule has 2 aliphatic heterocycles. The fourth-order valence-corrected chi connectivity index (χ4v) is 4.23. The Labute approximate surface area is 175 Å². The molecule has 5 rings (SSSR count). The van der Waals surface area contributed by atoms with Crippen LogP contribution in [0.4, 0.5) is 0 Å². The molecule has 156 valence electrons. The Morgan fingerprint density at radius 1 is 1.10 bits per heavy atom. The van der Waals surface area contributed by atoms with Gasteiger partial charge in [0, 0.05) is 13.0 Å². The van der Waals surface area contributed by atoms with Gasteiger partial charge in [0.2, 0.25) is 5.79 Å². The number of aliphatic imine (C=N–C) groups is 1. The number of nitrogens with two attached hydrogens (primary N) is 2. The molecule has 2 aliphatic rings. The minimum absolute atomic E-state index is 0.315. The van der Waals surface area contributed by atoms with Gasteiger partial charge in [0.1, 0.15) is 5.76 Å². The van der Waals surface area contributed by atoms with Crippen molar-refractivity contribution in [3.8, 4) is 0 Å². The molecule has 1 atom stereocenters. The zero-order valence-corrected chi connectivity index (χ0v) is 16.9. The number of rotatable bonds is 6. The topological polar surface area (TPSA) is 111 Å². The molecule has 1 unspecified atom stereocenters. The van der Waals surface area contributed by atoms with Gasteiger partial charge in [-0.3, -0.25) is 16.1 Å². The van der Waals surface area contributed by atoms with Crippen LogP contribution in [0.5, 0.6) is 0 Å². The summed E-state index contributed by atoms with van der Waals surface area (Å²) in [4.78, 5) is 11.4. The number of amidine groups is 1. The molecule has 0 spiro atoms. The van der Waals surface area contributed by atoms with Crippen molar-refractivity contribution < 1.29 is 4.42 Å². The number of nitrogens with one attached hydrogen (secondary N) is 1. The van der Waals surface area contributed by atoms with E-state index in [1.807, 2.05) is 23.0 Å². The highest BCUT2D eigenvalue weighted by Gasteiger charge is 2.33. The zero-order chi connectivity index (χ0) is 20.6. The van der Waals surface area contributed by atoms with Crippen molar-refractivity contribution in [2.24, 2.45) is 16.5 Å². The van der Waals surface area contributed by atoms with E-state index in [4.69, 9.17) is 15.9 Å². The van der Waals surface area contributed by atoms with Crippen molar-refractivity contribution in [3.63, 3.8) is 0 Å². The average Bonchev–Trinajstić information content (AvgIpc) is 3.47. The second kappa shape index (κ2) is 7.62. The van der Waals surface area contributed by atoms with E-state index in [0.29, 0.717) is 24.5 Å². The Bertz CT molecular complexity index is 1030. The highest BCUT2D eigenvalue weighted by Crippen LogP contribution is 2.21. The van der Waals surface area contributed by atoms with E-state index in [-0.39, 0.29) is 0 Å². The van der Waals surface area contributed by atoms with Crippen LogP contribution in [0.3, 0.4) is 0 Å². The first kappa shape index (κ1) is 18.9. The van der Waals surface area contributed by atoms with Crippen LogP contribution in [0.1, 0.15) is 41.2 Å². The molecule has 30 heavy (non-hydrogen) atoms. The molecule has 0 aliphatic carbocycles. The fraction of sp³-hybridized carbons (Fsp3) is 0.364. The number of hydrogen-bond donors (Lipinski definition) is 3. The number of benzene rings is 1. The molecule has 0 amide bonds. The van der Waals surface area contributed by atoms with Gasteiger partial charge in [-0.2, -0.15) is 0 Å². The summed E-state index contributed by atoms with van der Waals surface area (Å²) in [6.07, 6.45) is 7.16. The summed E-state index contributed by atoms with van der Waals surface area (Å²) in [5.41, 5.74) is 19.5. The van der Waals surface area contributed by atoms with Gasteiger partial charge in [0.05, 0.1) is 24.6 Å². The molecule has 5 N–H and O–H groups in total.